The number of para-hydroxylation sites is 2. The average molecular weight is 362 g/mol. The van der Waals surface area contributed by atoms with Crippen LogP contribution in [0.25, 0.3) is 0 Å². The predicted octanol–water partition coefficient (Wildman–Crippen LogP) is 2.19. The highest BCUT2D eigenvalue weighted by Gasteiger charge is 2.24. The monoisotopic (exact) mass is 362 g/mol. The Balaban J connectivity index is 1.60. The standard InChI is InChI=1S/C17H22N4O3S/c1-3-6-15-18-19-17(25)21(15)10-16(22)20(2)9-12-11-23-13-7-4-5-8-14(13)24-12/h4-5,7-8,12H,3,6,9-11H2,1-2H3,(H,19,25). The lowest BCUT2D eigenvalue weighted by molar-refractivity contribution is -0.132. The number of aromatic amines is 1. The third-order valence-electron chi connectivity index (χ3n) is 4.08. The molecule has 1 aliphatic heterocycles. The number of benzene rings is 1. The zero-order valence-electron chi connectivity index (χ0n) is 14.4. The molecular weight excluding hydrogens is 340 g/mol. The highest BCUT2D eigenvalue weighted by atomic mass is 32.1. The smallest absolute Gasteiger partial charge is 0.242 e. The van der Waals surface area contributed by atoms with Gasteiger partial charge in [-0.1, -0.05) is 19.1 Å². The van der Waals surface area contributed by atoms with Gasteiger partial charge in [0.25, 0.3) is 0 Å². The van der Waals surface area contributed by atoms with Gasteiger partial charge < -0.3 is 14.4 Å². The molecule has 8 heteroatoms. The van der Waals surface area contributed by atoms with Gasteiger partial charge in [0, 0.05) is 13.5 Å². The van der Waals surface area contributed by atoms with Crippen LogP contribution in [0, 0.1) is 4.77 Å². The summed E-state index contributed by atoms with van der Waals surface area (Å²) in [5, 5.41) is 6.95. The highest BCUT2D eigenvalue weighted by molar-refractivity contribution is 7.71. The van der Waals surface area contributed by atoms with Crippen LogP contribution in [0.1, 0.15) is 19.2 Å². The number of rotatable bonds is 6. The number of ether oxygens (including phenoxy) is 2. The number of fused-ring (bicyclic) bond motifs is 1. The Labute approximate surface area is 151 Å². The third kappa shape index (κ3) is 4.01. The molecule has 134 valence electrons. The van der Waals surface area contributed by atoms with E-state index >= 15 is 0 Å². The Kier molecular flexibility index (Phi) is 5.37. The molecule has 1 N–H and O–H groups in total. The SMILES string of the molecule is CCCc1n[nH]c(=S)n1CC(=O)N(C)CC1COc2ccccc2O1. The van der Waals surface area contributed by atoms with Gasteiger partial charge in [0.2, 0.25) is 5.91 Å². The van der Waals surface area contributed by atoms with Gasteiger partial charge >= 0.3 is 0 Å². The first kappa shape index (κ1) is 17.5. The van der Waals surface area contributed by atoms with E-state index in [4.69, 9.17) is 21.7 Å². The number of aromatic nitrogens is 3. The van der Waals surface area contributed by atoms with E-state index in [-0.39, 0.29) is 18.6 Å². The summed E-state index contributed by atoms with van der Waals surface area (Å²) in [6.45, 7) is 3.10. The molecule has 7 nitrogen and oxygen atoms in total. The largest absolute Gasteiger partial charge is 0.486 e. The van der Waals surface area contributed by atoms with Crippen LogP contribution in [-0.4, -0.2) is 51.9 Å². The van der Waals surface area contributed by atoms with Crippen molar-refractivity contribution in [3.8, 4) is 11.5 Å². The van der Waals surface area contributed by atoms with E-state index in [0.717, 1.165) is 24.4 Å². The molecule has 0 aliphatic carbocycles. The van der Waals surface area contributed by atoms with Crippen molar-refractivity contribution in [2.45, 2.75) is 32.4 Å². The van der Waals surface area contributed by atoms with Crippen LogP contribution >= 0.6 is 12.2 Å². The van der Waals surface area contributed by atoms with E-state index in [1.54, 1.807) is 16.5 Å². The Morgan fingerprint density at radius 2 is 2.20 bits per heavy atom. The van der Waals surface area contributed by atoms with Crippen molar-refractivity contribution in [1.82, 2.24) is 19.7 Å². The van der Waals surface area contributed by atoms with E-state index in [1.807, 2.05) is 24.3 Å². The van der Waals surface area contributed by atoms with Crippen molar-refractivity contribution < 1.29 is 14.3 Å². The van der Waals surface area contributed by atoms with Gasteiger partial charge in [0.1, 0.15) is 19.0 Å². The first-order chi connectivity index (χ1) is 12.1. The molecule has 2 heterocycles. The van der Waals surface area contributed by atoms with Crippen molar-refractivity contribution in [2.24, 2.45) is 0 Å². The summed E-state index contributed by atoms with van der Waals surface area (Å²) < 4.78 is 13.8. The summed E-state index contributed by atoms with van der Waals surface area (Å²) in [5.74, 6) is 2.21. The molecule has 1 amide bonds. The van der Waals surface area contributed by atoms with Crippen molar-refractivity contribution in [3.63, 3.8) is 0 Å². The normalized spacial score (nSPS) is 15.8. The van der Waals surface area contributed by atoms with Crippen LogP contribution in [0.4, 0.5) is 0 Å². The topological polar surface area (TPSA) is 72.4 Å². The van der Waals surface area contributed by atoms with Gasteiger partial charge in [0.05, 0.1) is 6.54 Å². The van der Waals surface area contributed by atoms with Crippen LogP contribution in [0.15, 0.2) is 24.3 Å². The Morgan fingerprint density at radius 3 is 2.96 bits per heavy atom. The molecular formula is C17H22N4O3S. The maximum atomic E-state index is 12.6. The number of H-pyrrole nitrogens is 1. The quantitative estimate of drug-likeness (QED) is 0.798. The van der Waals surface area contributed by atoms with Crippen LogP contribution in [0.3, 0.4) is 0 Å². The predicted molar refractivity (Wildman–Crippen MR) is 95.4 cm³/mol. The maximum Gasteiger partial charge on any atom is 0.242 e. The molecule has 3 rings (SSSR count). The van der Waals surface area contributed by atoms with Crippen molar-refractivity contribution in [2.75, 3.05) is 20.2 Å². The van der Waals surface area contributed by atoms with Crippen molar-refractivity contribution in [1.29, 1.82) is 0 Å². The molecule has 1 aliphatic rings. The highest BCUT2D eigenvalue weighted by Crippen LogP contribution is 2.30. The second kappa shape index (κ2) is 7.69. The minimum absolute atomic E-state index is 0.0442. The fraction of sp³-hybridized carbons (Fsp3) is 0.471. The van der Waals surface area contributed by atoms with Crippen LogP contribution in [0.2, 0.25) is 0 Å². The number of likely N-dealkylation sites (N-methyl/N-ethyl adjacent to an activating group) is 1. The summed E-state index contributed by atoms with van der Waals surface area (Å²) in [7, 11) is 1.76. The van der Waals surface area contributed by atoms with E-state index in [1.165, 1.54) is 0 Å². The van der Waals surface area contributed by atoms with Crippen molar-refractivity contribution >= 4 is 18.1 Å². The number of carbonyl (C=O) groups excluding carboxylic acids is 1. The minimum Gasteiger partial charge on any atom is -0.486 e. The summed E-state index contributed by atoms with van der Waals surface area (Å²) in [6, 6.07) is 7.54. The zero-order chi connectivity index (χ0) is 17.8. The number of nitrogens with zero attached hydrogens (tertiary/aromatic N) is 3. The summed E-state index contributed by atoms with van der Waals surface area (Å²) in [5.41, 5.74) is 0. The van der Waals surface area contributed by atoms with Crippen LogP contribution in [0.5, 0.6) is 11.5 Å². The molecule has 0 bridgehead atoms. The summed E-state index contributed by atoms with van der Waals surface area (Å²) in [4.78, 5) is 14.2. The second-order valence-electron chi connectivity index (χ2n) is 6.05. The molecule has 1 unspecified atom stereocenters. The first-order valence-electron chi connectivity index (χ1n) is 8.35. The number of hydrogen-bond acceptors (Lipinski definition) is 5. The lowest BCUT2D eigenvalue weighted by atomic mass is 10.2. The van der Waals surface area contributed by atoms with Gasteiger partial charge in [-0.2, -0.15) is 5.10 Å². The molecule has 0 radical (unpaired) electrons. The van der Waals surface area contributed by atoms with E-state index in [0.29, 0.717) is 23.7 Å². The Bertz CT molecular complexity index is 801. The molecule has 0 saturated carbocycles. The fourth-order valence-electron chi connectivity index (χ4n) is 2.74. The van der Waals surface area contributed by atoms with Crippen molar-refractivity contribution in [3.05, 3.63) is 34.9 Å². The van der Waals surface area contributed by atoms with Crippen LogP contribution in [-0.2, 0) is 17.8 Å². The third-order valence-corrected chi connectivity index (χ3v) is 4.39. The number of hydrogen-bond donors (Lipinski definition) is 1. The minimum atomic E-state index is -0.198. The first-order valence-corrected chi connectivity index (χ1v) is 8.75. The Morgan fingerprint density at radius 1 is 1.44 bits per heavy atom. The average Bonchev–Trinajstić information content (AvgIpc) is 2.95. The number of nitrogens with one attached hydrogen (secondary N) is 1. The Hall–Kier alpha value is -2.35. The van der Waals surface area contributed by atoms with Gasteiger partial charge in [0.15, 0.2) is 22.4 Å². The maximum absolute atomic E-state index is 12.6. The lowest BCUT2D eigenvalue weighted by Crippen LogP contribution is -2.42. The number of aryl methyl sites for hydroxylation is 1. The molecule has 0 spiro atoms. The molecule has 25 heavy (non-hydrogen) atoms. The molecule has 0 fully saturated rings. The van der Waals surface area contributed by atoms with Gasteiger partial charge in [-0.05, 0) is 30.8 Å². The molecule has 1 atom stereocenters. The molecule has 0 saturated heterocycles. The van der Waals surface area contributed by atoms with Crippen LogP contribution < -0.4 is 9.47 Å². The molecule has 1 aromatic carbocycles. The van der Waals surface area contributed by atoms with E-state index in [2.05, 4.69) is 17.1 Å². The zero-order valence-corrected chi connectivity index (χ0v) is 15.2. The van der Waals surface area contributed by atoms with E-state index < -0.39 is 0 Å². The van der Waals surface area contributed by atoms with Gasteiger partial charge in [-0.25, -0.2) is 0 Å². The summed E-state index contributed by atoms with van der Waals surface area (Å²) in [6.07, 6.45) is 1.52. The lowest BCUT2D eigenvalue weighted by Gasteiger charge is -2.29. The van der Waals surface area contributed by atoms with Gasteiger partial charge in [-0.15, -0.1) is 0 Å². The molecule has 1 aromatic heterocycles. The van der Waals surface area contributed by atoms with Gasteiger partial charge in [-0.3, -0.25) is 14.5 Å². The number of amides is 1. The number of carbonyl (C=O) groups is 1. The summed E-state index contributed by atoms with van der Waals surface area (Å²) >= 11 is 5.23. The van der Waals surface area contributed by atoms with E-state index in [9.17, 15) is 4.79 Å². The second-order valence-corrected chi connectivity index (χ2v) is 6.44. The molecule has 2 aromatic rings. The fourth-order valence-corrected chi connectivity index (χ4v) is 2.96.